The highest BCUT2D eigenvalue weighted by atomic mass is 32.2. The summed E-state index contributed by atoms with van der Waals surface area (Å²) in [7, 11) is 0. The fourth-order valence-electron chi connectivity index (χ4n) is 0.432. The molecule has 9 heavy (non-hydrogen) atoms. The molecule has 0 spiro atoms. The third-order valence-corrected chi connectivity index (χ3v) is 2.28. The minimum absolute atomic E-state index is 0.0263. The zero-order valence-corrected chi connectivity index (χ0v) is 6.66. The van der Waals surface area contributed by atoms with Gasteiger partial charge in [0.2, 0.25) is 0 Å². The molecule has 0 amide bonds. The van der Waals surface area contributed by atoms with Crippen molar-refractivity contribution in [2.75, 3.05) is 18.1 Å². The molecule has 0 aliphatic heterocycles. The Morgan fingerprint density at radius 1 is 1.67 bits per heavy atom. The van der Waals surface area contributed by atoms with Gasteiger partial charge in [0.1, 0.15) is 0 Å². The van der Waals surface area contributed by atoms with Crippen molar-refractivity contribution in [3.8, 4) is 0 Å². The van der Waals surface area contributed by atoms with Crippen LogP contribution in [-0.2, 0) is 0 Å². The number of rotatable bonds is 5. The van der Waals surface area contributed by atoms with Crippen LogP contribution in [0.1, 0.15) is 13.3 Å². The Morgan fingerprint density at radius 3 is 2.78 bits per heavy atom. The largest absolute Gasteiger partial charge is 0.395 e. The fraction of sp³-hybridized carbons (Fsp3) is 1.00. The van der Waals surface area contributed by atoms with Crippen molar-refractivity contribution in [3.05, 3.63) is 0 Å². The highest BCUT2D eigenvalue weighted by Crippen LogP contribution is 2.02. The van der Waals surface area contributed by atoms with Crippen LogP contribution in [0, 0.1) is 0 Å². The van der Waals surface area contributed by atoms with Gasteiger partial charge in [0.05, 0.1) is 6.61 Å². The van der Waals surface area contributed by atoms with E-state index in [9.17, 15) is 0 Å². The molecular formula is C6H15NOS. The van der Waals surface area contributed by atoms with Gasteiger partial charge >= 0.3 is 0 Å². The van der Waals surface area contributed by atoms with E-state index in [1.807, 2.05) is 0 Å². The van der Waals surface area contributed by atoms with E-state index < -0.39 is 0 Å². The molecule has 0 aromatic carbocycles. The summed E-state index contributed by atoms with van der Waals surface area (Å²) in [5.74, 6) is 2.03. The molecule has 0 saturated carbocycles. The first-order chi connectivity index (χ1) is 4.31. The Bertz CT molecular complexity index is 61.0. The van der Waals surface area contributed by atoms with Gasteiger partial charge in [-0.1, -0.05) is 6.92 Å². The van der Waals surface area contributed by atoms with E-state index in [2.05, 4.69) is 6.92 Å². The Morgan fingerprint density at radius 2 is 2.33 bits per heavy atom. The van der Waals surface area contributed by atoms with Gasteiger partial charge in [0.15, 0.2) is 0 Å². The summed E-state index contributed by atoms with van der Waals surface area (Å²) < 4.78 is 0. The second-order valence-electron chi connectivity index (χ2n) is 2.02. The van der Waals surface area contributed by atoms with Crippen LogP contribution < -0.4 is 5.73 Å². The van der Waals surface area contributed by atoms with Gasteiger partial charge in [-0.2, -0.15) is 11.8 Å². The molecule has 0 aromatic rings. The van der Waals surface area contributed by atoms with Crippen molar-refractivity contribution in [2.24, 2.45) is 5.73 Å². The predicted molar refractivity (Wildman–Crippen MR) is 42.7 cm³/mol. The molecule has 3 N–H and O–H groups in total. The molecule has 0 radical (unpaired) electrons. The van der Waals surface area contributed by atoms with Crippen LogP contribution in [0.15, 0.2) is 0 Å². The van der Waals surface area contributed by atoms with Gasteiger partial charge in [-0.25, -0.2) is 0 Å². The minimum Gasteiger partial charge on any atom is -0.395 e. The maximum Gasteiger partial charge on any atom is 0.0590 e. The van der Waals surface area contributed by atoms with Gasteiger partial charge in [-0.05, 0) is 12.2 Å². The van der Waals surface area contributed by atoms with E-state index in [-0.39, 0.29) is 12.6 Å². The molecule has 0 aliphatic carbocycles. The normalized spacial score (nSPS) is 13.7. The molecule has 2 nitrogen and oxygen atoms in total. The van der Waals surface area contributed by atoms with Crippen LogP contribution >= 0.6 is 11.8 Å². The number of thioether (sulfide) groups is 1. The second-order valence-corrected chi connectivity index (χ2v) is 3.17. The lowest BCUT2D eigenvalue weighted by Gasteiger charge is -2.05. The van der Waals surface area contributed by atoms with Gasteiger partial charge in [0, 0.05) is 11.8 Å². The first-order valence-corrected chi connectivity index (χ1v) is 4.41. The Hall–Kier alpha value is 0.270. The quantitative estimate of drug-likeness (QED) is 0.558. The van der Waals surface area contributed by atoms with E-state index in [4.69, 9.17) is 10.8 Å². The molecule has 1 atom stereocenters. The maximum absolute atomic E-state index is 8.50. The monoisotopic (exact) mass is 149 g/mol. The average molecular weight is 149 g/mol. The standard InChI is InChI=1S/C6H15NOS/c1-2-3-9-5-6(7)4-8/h6,8H,2-5,7H2,1H3. The highest BCUT2D eigenvalue weighted by Gasteiger charge is 1.97. The van der Waals surface area contributed by atoms with Crippen molar-refractivity contribution in [2.45, 2.75) is 19.4 Å². The second kappa shape index (κ2) is 6.39. The van der Waals surface area contributed by atoms with Crippen LogP contribution in [0.3, 0.4) is 0 Å². The zero-order chi connectivity index (χ0) is 7.11. The van der Waals surface area contributed by atoms with Crippen LogP contribution in [0.25, 0.3) is 0 Å². The Labute approximate surface area is 60.8 Å². The van der Waals surface area contributed by atoms with Crippen molar-refractivity contribution in [1.82, 2.24) is 0 Å². The third kappa shape index (κ3) is 6.15. The van der Waals surface area contributed by atoms with Gasteiger partial charge in [-0.15, -0.1) is 0 Å². The number of aliphatic hydroxyl groups is 1. The van der Waals surface area contributed by atoms with Crippen LogP contribution in [-0.4, -0.2) is 29.3 Å². The van der Waals surface area contributed by atoms with Gasteiger partial charge < -0.3 is 10.8 Å². The number of hydrogen-bond acceptors (Lipinski definition) is 3. The van der Waals surface area contributed by atoms with E-state index in [0.717, 1.165) is 11.5 Å². The zero-order valence-electron chi connectivity index (χ0n) is 5.84. The summed E-state index contributed by atoms with van der Waals surface area (Å²) in [5.41, 5.74) is 5.44. The summed E-state index contributed by atoms with van der Waals surface area (Å²) in [4.78, 5) is 0. The summed E-state index contributed by atoms with van der Waals surface area (Å²) in [6.07, 6.45) is 1.18. The molecule has 0 bridgehead atoms. The summed E-state index contributed by atoms with van der Waals surface area (Å²) in [6, 6.07) is -0.0263. The molecule has 0 saturated heterocycles. The van der Waals surface area contributed by atoms with Crippen LogP contribution in [0.5, 0.6) is 0 Å². The number of nitrogens with two attached hydrogens (primary N) is 1. The van der Waals surface area contributed by atoms with E-state index in [1.165, 1.54) is 6.42 Å². The summed E-state index contributed by atoms with van der Waals surface area (Å²) >= 11 is 1.80. The SMILES string of the molecule is CCCSCC(N)CO. The van der Waals surface area contributed by atoms with E-state index >= 15 is 0 Å². The van der Waals surface area contributed by atoms with Crippen molar-refractivity contribution in [3.63, 3.8) is 0 Å². The molecular weight excluding hydrogens is 134 g/mol. The highest BCUT2D eigenvalue weighted by molar-refractivity contribution is 7.99. The summed E-state index contributed by atoms with van der Waals surface area (Å²) in [5, 5.41) is 8.50. The van der Waals surface area contributed by atoms with Crippen molar-refractivity contribution in [1.29, 1.82) is 0 Å². The molecule has 0 fully saturated rings. The summed E-state index contributed by atoms with van der Waals surface area (Å²) in [6.45, 7) is 2.24. The van der Waals surface area contributed by atoms with E-state index in [1.54, 1.807) is 11.8 Å². The van der Waals surface area contributed by atoms with E-state index in [0.29, 0.717) is 0 Å². The molecule has 0 heterocycles. The number of aliphatic hydroxyl groups excluding tert-OH is 1. The maximum atomic E-state index is 8.50. The fourth-order valence-corrected chi connectivity index (χ4v) is 1.30. The van der Waals surface area contributed by atoms with Crippen LogP contribution in [0.2, 0.25) is 0 Å². The molecule has 3 heteroatoms. The minimum atomic E-state index is -0.0263. The first kappa shape index (κ1) is 9.27. The Balaban J connectivity index is 2.88. The lowest BCUT2D eigenvalue weighted by molar-refractivity contribution is 0.275. The molecule has 1 unspecified atom stereocenters. The van der Waals surface area contributed by atoms with Crippen molar-refractivity contribution < 1.29 is 5.11 Å². The first-order valence-electron chi connectivity index (χ1n) is 3.25. The van der Waals surface area contributed by atoms with Gasteiger partial charge in [-0.3, -0.25) is 0 Å². The number of hydrogen-bond donors (Lipinski definition) is 2. The predicted octanol–water partition coefficient (Wildman–Crippen LogP) is 0.449. The average Bonchev–Trinajstić information content (AvgIpc) is 1.89. The van der Waals surface area contributed by atoms with Crippen molar-refractivity contribution >= 4 is 11.8 Å². The molecule has 0 aromatic heterocycles. The smallest absolute Gasteiger partial charge is 0.0590 e. The molecule has 0 aliphatic rings. The lowest BCUT2D eigenvalue weighted by atomic mass is 10.4. The molecule has 0 rings (SSSR count). The van der Waals surface area contributed by atoms with Gasteiger partial charge in [0.25, 0.3) is 0 Å². The molecule has 56 valence electrons. The Kier molecular flexibility index (Phi) is 6.58. The topological polar surface area (TPSA) is 46.2 Å². The third-order valence-electron chi connectivity index (χ3n) is 0.915. The lowest BCUT2D eigenvalue weighted by Crippen LogP contribution is -2.26. The van der Waals surface area contributed by atoms with Crippen LogP contribution in [0.4, 0.5) is 0 Å².